The summed E-state index contributed by atoms with van der Waals surface area (Å²) in [6.07, 6.45) is 0.833. The van der Waals surface area contributed by atoms with Crippen LogP contribution < -0.4 is 9.47 Å². The van der Waals surface area contributed by atoms with Crippen LogP contribution in [0.4, 0.5) is 0 Å². The topological polar surface area (TPSA) is 49.2 Å². The number of benzene rings is 3. The molecule has 0 N–H and O–H groups in total. The summed E-state index contributed by atoms with van der Waals surface area (Å²) < 4.78 is 12.7. The molecule has 2 heterocycles. The molecular formula is C28H25N3O2S. The van der Waals surface area contributed by atoms with Gasteiger partial charge in [0, 0.05) is 27.6 Å². The first-order valence-electron chi connectivity index (χ1n) is 11.1. The predicted octanol–water partition coefficient (Wildman–Crippen LogP) is 6.91. The zero-order valence-electron chi connectivity index (χ0n) is 19.4. The fraction of sp³-hybridized carbons (Fsp3) is 0.143. The third-order valence-corrected chi connectivity index (χ3v) is 6.62. The lowest BCUT2D eigenvalue weighted by Gasteiger charge is -2.08. The molecule has 0 spiro atoms. The van der Waals surface area contributed by atoms with Crippen molar-refractivity contribution in [1.82, 2.24) is 14.8 Å². The van der Waals surface area contributed by atoms with E-state index in [1.807, 2.05) is 47.1 Å². The minimum absolute atomic E-state index is 0.823. The summed E-state index contributed by atoms with van der Waals surface area (Å²) in [5.41, 5.74) is 7.33. The van der Waals surface area contributed by atoms with Gasteiger partial charge in [0.25, 0.3) is 0 Å². The average Bonchev–Trinajstić information content (AvgIpc) is 3.54. The minimum atomic E-state index is 0.823. The van der Waals surface area contributed by atoms with Crippen molar-refractivity contribution < 1.29 is 9.47 Å². The molecule has 0 radical (unpaired) electrons. The standard InChI is InChI=1S/C28H25N3O2S/c1-4-24-26(20-10-14-22(32-2)15-11-20)30-31(27(24)21-12-16-23(33-3)17-13-21)28-29-25(18-34-28)19-8-6-5-7-9-19/h5-18H,4H2,1-3H3. The van der Waals surface area contributed by atoms with E-state index >= 15 is 0 Å². The Morgan fingerprint density at radius 1 is 0.765 bits per heavy atom. The van der Waals surface area contributed by atoms with Crippen molar-refractivity contribution in [2.24, 2.45) is 0 Å². The van der Waals surface area contributed by atoms with Crippen LogP contribution in [-0.2, 0) is 6.42 Å². The van der Waals surface area contributed by atoms with Crippen molar-refractivity contribution in [3.8, 4) is 50.4 Å². The van der Waals surface area contributed by atoms with Gasteiger partial charge >= 0.3 is 0 Å². The van der Waals surface area contributed by atoms with Gasteiger partial charge in [-0.15, -0.1) is 11.3 Å². The van der Waals surface area contributed by atoms with Crippen LogP contribution in [0.3, 0.4) is 0 Å². The van der Waals surface area contributed by atoms with Crippen LogP contribution in [0.2, 0.25) is 0 Å². The number of hydrogen-bond acceptors (Lipinski definition) is 5. The van der Waals surface area contributed by atoms with Crippen molar-refractivity contribution >= 4 is 11.3 Å². The van der Waals surface area contributed by atoms with E-state index in [4.69, 9.17) is 19.6 Å². The average molecular weight is 468 g/mol. The highest BCUT2D eigenvalue weighted by Gasteiger charge is 2.22. The summed E-state index contributed by atoms with van der Waals surface area (Å²) in [6.45, 7) is 2.17. The second-order valence-electron chi connectivity index (χ2n) is 7.78. The first-order chi connectivity index (χ1) is 16.7. The molecule has 0 amide bonds. The lowest BCUT2D eigenvalue weighted by molar-refractivity contribution is 0.414. The summed E-state index contributed by atoms with van der Waals surface area (Å²) in [6, 6.07) is 26.4. The van der Waals surface area contributed by atoms with Crippen LogP contribution >= 0.6 is 11.3 Å². The number of thiazole rings is 1. The molecule has 5 aromatic rings. The lowest BCUT2D eigenvalue weighted by atomic mass is 10.00. The molecule has 5 nitrogen and oxygen atoms in total. The monoisotopic (exact) mass is 467 g/mol. The summed E-state index contributed by atoms with van der Waals surface area (Å²) in [4.78, 5) is 4.95. The van der Waals surface area contributed by atoms with Gasteiger partial charge in [0.2, 0.25) is 5.13 Å². The number of hydrogen-bond donors (Lipinski definition) is 0. The molecule has 0 aliphatic heterocycles. The second-order valence-corrected chi connectivity index (χ2v) is 8.62. The molecule has 0 bridgehead atoms. The van der Waals surface area contributed by atoms with Gasteiger partial charge in [0.1, 0.15) is 11.5 Å². The maximum Gasteiger partial charge on any atom is 0.211 e. The molecule has 3 aromatic carbocycles. The van der Waals surface area contributed by atoms with E-state index in [1.165, 1.54) is 5.56 Å². The van der Waals surface area contributed by atoms with E-state index in [9.17, 15) is 0 Å². The molecule has 2 aromatic heterocycles. The summed E-state index contributed by atoms with van der Waals surface area (Å²) in [7, 11) is 3.36. The maximum atomic E-state index is 5.38. The molecule has 5 rings (SSSR count). The van der Waals surface area contributed by atoms with Gasteiger partial charge in [-0.05, 0) is 55.0 Å². The molecule has 0 unspecified atom stereocenters. The van der Waals surface area contributed by atoms with Gasteiger partial charge < -0.3 is 9.47 Å². The van der Waals surface area contributed by atoms with Gasteiger partial charge in [-0.1, -0.05) is 37.3 Å². The van der Waals surface area contributed by atoms with Gasteiger partial charge in [0.15, 0.2) is 0 Å². The summed E-state index contributed by atoms with van der Waals surface area (Å²) in [5.74, 6) is 1.65. The fourth-order valence-corrected chi connectivity index (χ4v) is 4.84. The highest BCUT2D eigenvalue weighted by molar-refractivity contribution is 7.12. The Bertz CT molecular complexity index is 1390. The number of methoxy groups -OCH3 is 2. The van der Waals surface area contributed by atoms with Crippen molar-refractivity contribution in [2.45, 2.75) is 13.3 Å². The van der Waals surface area contributed by atoms with Crippen molar-refractivity contribution in [3.05, 3.63) is 89.8 Å². The molecule has 0 saturated carbocycles. The van der Waals surface area contributed by atoms with Crippen molar-refractivity contribution in [2.75, 3.05) is 14.2 Å². The number of rotatable bonds is 7. The Morgan fingerprint density at radius 2 is 1.38 bits per heavy atom. The van der Waals surface area contributed by atoms with Crippen LogP contribution in [0, 0.1) is 0 Å². The molecule has 170 valence electrons. The summed E-state index contributed by atoms with van der Waals surface area (Å²) in [5, 5.41) is 8.01. The van der Waals surface area contributed by atoms with Gasteiger partial charge in [-0.2, -0.15) is 5.10 Å². The van der Waals surface area contributed by atoms with Gasteiger partial charge in [-0.3, -0.25) is 0 Å². The molecule has 34 heavy (non-hydrogen) atoms. The van der Waals surface area contributed by atoms with Crippen LogP contribution in [-0.4, -0.2) is 29.0 Å². The molecule has 6 heteroatoms. The van der Waals surface area contributed by atoms with E-state index in [-0.39, 0.29) is 0 Å². The van der Waals surface area contributed by atoms with Crippen molar-refractivity contribution in [1.29, 1.82) is 0 Å². The Balaban J connectivity index is 1.69. The fourth-order valence-electron chi connectivity index (χ4n) is 4.05. The largest absolute Gasteiger partial charge is 0.497 e. The first-order valence-corrected chi connectivity index (χ1v) is 12.0. The van der Waals surface area contributed by atoms with E-state index in [2.05, 4.69) is 48.7 Å². The predicted molar refractivity (Wildman–Crippen MR) is 138 cm³/mol. The third kappa shape index (κ3) is 4.08. The smallest absolute Gasteiger partial charge is 0.211 e. The van der Waals surface area contributed by atoms with E-state index in [1.54, 1.807) is 25.6 Å². The third-order valence-electron chi connectivity index (χ3n) is 5.81. The Labute approximate surface area is 203 Å². The van der Waals surface area contributed by atoms with Crippen LogP contribution in [0.1, 0.15) is 12.5 Å². The van der Waals surface area contributed by atoms with Gasteiger partial charge in [0.05, 0.1) is 31.3 Å². The van der Waals surface area contributed by atoms with E-state index in [0.29, 0.717) is 0 Å². The minimum Gasteiger partial charge on any atom is -0.497 e. The highest BCUT2D eigenvalue weighted by Crippen LogP contribution is 2.37. The Hall–Kier alpha value is -3.90. The SMILES string of the molecule is CCc1c(-c2ccc(OC)cc2)nn(-c2nc(-c3ccccc3)cs2)c1-c1ccc(OC)cc1. The maximum absolute atomic E-state index is 5.38. The molecular weight excluding hydrogens is 442 g/mol. The Morgan fingerprint density at radius 3 is 1.97 bits per heavy atom. The number of ether oxygens (including phenoxy) is 2. The van der Waals surface area contributed by atoms with Crippen LogP contribution in [0.25, 0.3) is 38.9 Å². The lowest BCUT2D eigenvalue weighted by Crippen LogP contribution is -2.00. The normalized spacial score (nSPS) is 10.9. The zero-order chi connectivity index (χ0) is 23.5. The number of aromatic nitrogens is 3. The second kappa shape index (κ2) is 9.53. The highest BCUT2D eigenvalue weighted by atomic mass is 32.1. The molecule has 0 aliphatic rings. The molecule has 0 atom stereocenters. The zero-order valence-corrected chi connectivity index (χ0v) is 20.2. The molecule has 0 aliphatic carbocycles. The van der Waals surface area contributed by atoms with Gasteiger partial charge in [-0.25, -0.2) is 9.67 Å². The van der Waals surface area contributed by atoms with Crippen molar-refractivity contribution in [3.63, 3.8) is 0 Å². The molecule has 0 fully saturated rings. The summed E-state index contributed by atoms with van der Waals surface area (Å²) >= 11 is 1.59. The quantitative estimate of drug-likeness (QED) is 0.261. The van der Waals surface area contributed by atoms with E-state index in [0.717, 1.165) is 56.8 Å². The van der Waals surface area contributed by atoms with Crippen LogP contribution in [0.5, 0.6) is 11.5 Å². The van der Waals surface area contributed by atoms with E-state index < -0.39 is 0 Å². The Kier molecular flexibility index (Phi) is 6.14. The molecule has 0 saturated heterocycles. The van der Waals surface area contributed by atoms with Crippen LogP contribution in [0.15, 0.2) is 84.2 Å². The first kappa shape index (κ1) is 21.9. The number of nitrogens with zero attached hydrogens (tertiary/aromatic N) is 3.